The standard InChI is InChI=1S/C15H24FNO2/c1-10(2)14(18)7-8-17-11(3)12-5-6-13(16)15(9-12)19-4/h5-6,9-11,14,17-18H,7-8H2,1-4H3. The highest BCUT2D eigenvalue weighted by Gasteiger charge is 2.12. The average molecular weight is 269 g/mol. The maximum atomic E-state index is 13.3. The van der Waals surface area contributed by atoms with Crippen molar-refractivity contribution in [2.24, 2.45) is 5.92 Å². The maximum Gasteiger partial charge on any atom is 0.165 e. The summed E-state index contributed by atoms with van der Waals surface area (Å²) in [6, 6.07) is 4.95. The summed E-state index contributed by atoms with van der Waals surface area (Å²) in [6.07, 6.45) is 0.419. The van der Waals surface area contributed by atoms with Gasteiger partial charge in [-0.2, -0.15) is 0 Å². The van der Waals surface area contributed by atoms with Gasteiger partial charge < -0.3 is 15.2 Å². The second-order valence-electron chi connectivity index (χ2n) is 5.17. The Hall–Kier alpha value is -1.13. The van der Waals surface area contributed by atoms with Crippen molar-refractivity contribution in [1.29, 1.82) is 0 Å². The molecular weight excluding hydrogens is 245 g/mol. The summed E-state index contributed by atoms with van der Waals surface area (Å²) in [4.78, 5) is 0. The summed E-state index contributed by atoms with van der Waals surface area (Å²) in [5, 5.41) is 13.0. The van der Waals surface area contributed by atoms with Crippen molar-refractivity contribution in [1.82, 2.24) is 5.32 Å². The van der Waals surface area contributed by atoms with Crippen molar-refractivity contribution >= 4 is 0 Å². The SMILES string of the molecule is COc1cc(C(C)NCCC(O)C(C)C)ccc1F. The Morgan fingerprint density at radius 1 is 1.32 bits per heavy atom. The van der Waals surface area contributed by atoms with Crippen LogP contribution in [0.5, 0.6) is 5.75 Å². The molecule has 3 nitrogen and oxygen atoms in total. The van der Waals surface area contributed by atoms with Crippen LogP contribution in [-0.4, -0.2) is 24.9 Å². The van der Waals surface area contributed by atoms with Crippen molar-refractivity contribution in [2.75, 3.05) is 13.7 Å². The van der Waals surface area contributed by atoms with Gasteiger partial charge in [0.05, 0.1) is 13.2 Å². The Morgan fingerprint density at radius 2 is 2.00 bits per heavy atom. The Balaban J connectivity index is 2.51. The number of rotatable bonds is 7. The van der Waals surface area contributed by atoms with E-state index in [2.05, 4.69) is 5.32 Å². The zero-order chi connectivity index (χ0) is 14.4. The molecule has 4 heteroatoms. The monoisotopic (exact) mass is 269 g/mol. The van der Waals surface area contributed by atoms with Gasteiger partial charge in [0.2, 0.25) is 0 Å². The second-order valence-corrected chi connectivity index (χ2v) is 5.17. The van der Waals surface area contributed by atoms with Crippen molar-refractivity contribution in [3.63, 3.8) is 0 Å². The summed E-state index contributed by atoms with van der Waals surface area (Å²) in [5.41, 5.74) is 0.970. The molecule has 0 radical (unpaired) electrons. The van der Waals surface area contributed by atoms with Gasteiger partial charge in [-0.25, -0.2) is 4.39 Å². The van der Waals surface area contributed by atoms with Crippen molar-refractivity contribution < 1.29 is 14.2 Å². The molecule has 0 aliphatic heterocycles. The van der Waals surface area contributed by atoms with E-state index >= 15 is 0 Å². The lowest BCUT2D eigenvalue weighted by atomic mass is 10.0. The summed E-state index contributed by atoms with van der Waals surface area (Å²) in [5.74, 6) is 0.171. The molecule has 2 unspecified atom stereocenters. The van der Waals surface area contributed by atoms with E-state index in [0.29, 0.717) is 6.42 Å². The van der Waals surface area contributed by atoms with Crippen LogP contribution in [0, 0.1) is 11.7 Å². The first kappa shape index (κ1) is 15.9. The molecule has 0 saturated carbocycles. The summed E-state index contributed by atoms with van der Waals surface area (Å²) >= 11 is 0. The summed E-state index contributed by atoms with van der Waals surface area (Å²) < 4.78 is 18.3. The third kappa shape index (κ3) is 4.80. The van der Waals surface area contributed by atoms with E-state index in [9.17, 15) is 9.50 Å². The molecule has 0 heterocycles. The number of methoxy groups -OCH3 is 1. The van der Waals surface area contributed by atoms with E-state index < -0.39 is 0 Å². The molecule has 0 fully saturated rings. The molecular formula is C15H24FNO2. The number of ether oxygens (including phenoxy) is 1. The molecule has 0 amide bonds. The summed E-state index contributed by atoms with van der Waals surface area (Å²) in [6.45, 7) is 6.73. The highest BCUT2D eigenvalue weighted by molar-refractivity contribution is 5.31. The first-order valence-corrected chi connectivity index (χ1v) is 6.70. The van der Waals surface area contributed by atoms with E-state index in [1.807, 2.05) is 20.8 Å². The molecule has 0 bridgehead atoms. The normalized spacial score (nSPS) is 14.5. The van der Waals surface area contributed by atoms with Crippen LogP contribution in [0.1, 0.15) is 38.8 Å². The Kier molecular flexibility index (Phi) is 6.25. The minimum absolute atomic E-state index is 0.0915. The zero-order valence-electron chi connectivity index (χ0n) is 12.1. The second kappa shape index (κ2) is 7.46. The van der Waals surface area contributed by atoms with Crippen molar-refractivity contribution in [2.45, 2.75) is 39.3 Å². The molecule has 0 aliphatic rings. The van der Waals surface area contributed by atoms with Gasteiger partial charge in [-0.3, -0.25) is 0 Å². The largest absolute Gasteiger partial charge is 0.494 e. The number of halogens is 1. The molecule has 0 spiro atoms. The number of benzene rings is 1. The van der Waals surface area contributed by atoms with Gasteiger partial charge in [-0.05, 0) is 43.5 Å². The number of aliphatic hydroxyl groups excluding tert-OH is 1. The highest BCUT2D eigenvalue weighted by Crippen LogP contribution is 2.22. The molecule has 1 rings (SSSR count). The lowest BCUT2D eigenvalue weighted by molar-refractivity contribution is 0.115. The lowest BCUT2D eigenvalue weighted by Gasteiger charge is -2.18. The third-order valence-corrected chi connectivity index (χ3v) is 3.34. The van der Waals surface area contributed by atoms with Gasteiger partial charge >= 0.3 is 0 Å². The van der Waals surface area contributed by atoms with Gasteiger partial charge in [0.1, 0.15) is 0 Å². The lowest BCUT2D eigenvalue weighted by Crippen LogP contribution is -2.25. The van der Waals surface area contributed by atoms with E-state index in [1.54, 1.807) is 12.1 Å². The fourth-order valence-corrected chi connectivity index (χ4v) is 1.84. The van der Waals surface area contributed by atoms with Gasteiger partial charge in [0.15, 0.2) is 11.6 Å². The van der Waals surface area contributed by atoms with Crippen LogP contribution in [0.15, 0.2) is 18.2 Å². The number of hydrogen-bond acceptors (Lipinski definition) is 3. The van der Waals surface area contributed by atoms with Gasteiger partial charge in [0.25, 0.3) is 0 Å². The maximum absolute atomic E-state index is 13.3. The number of hydrogen-bond donors (Lipinski definition) is 2. The van der Waals surface area contributed by atoms with E-state index in [1.165, 1.54) is 13.2 Å². The van der Waals surface area contributed by atoms with Gasteiger partial charge in [0, 0.05) is 6.04 Å². The first-order chi connectivity index (χ1) is 8.95. The first-order valence-electron chi connectivity index (χ1n) is 6.70. The predicted molar refractivity (Wildman–Crippen MR) is 74.8 cm³/mol. The van der Waals surface area contributed by atoms with Crippen LogP contribution in [0.25, 0.3) is 0 Å². The van der Waals surface area contributed by atoms with Crippen molar-refractivity contribution in [3.05, 3.63) is 29.6 Å². The van der Waals surface area contributed by atoms with E-state index in [0.717, 1.165) is 12.1 Å². The topological polar surface area (TPSA) is 41.5 Å². The van der Waals surface area contributed by atoms with Crippen LogP contribution in [0.4, 0.5) is 4.39 Å². The molecule has 2 atom stereocenters. The molecule has 1 aromatic carbocycles. The van der Waals surface area contributed by atoms with E-state index in [4.69, 9.17) is 4.74 Å². The number of aliphatic hydroxyl groups is 1. The smallest absolute Gasteiger partial charge is 0.165 e. The van der Waals surface area contributed by atoms with Gasteiger partial charge in [-0.15, -0.1) is 0 Å². The average Bonchev–Trinajstić information content (AvgIpc) is 2.38. The van der Waals surface area contributed by atoms with Crippen LogP contribution in [-0.2, 0) is 0 Å². The quantitative estimate of drug-likeness (QED) is 0.799. The predicted octanol–water partition coefficient (Wildman–Crippen LogP) is 2.89. The van der Waals surface area contributed by atoms with Crippen molar-refractivity contribution in [3.8, 4) is 5.75 Å². The fourth-order valence-electron chi connectivity index (χ4n) is 1.84. The van der Waals surface area contributed by atoms with Crippen LogP contribution in [0.3, 0.4) is 0 Å². The van der Waals surface area contributed by atoms with Crippen LogP contribution in [0.2, 0.25) is 0 Å². The zero-order valence-corrected chi connectivity index (χ0v) is 12.1. The highest BCUT2D eigenvalue weighted by atomic mass is 19.1. The van der Waals surface area contributed by atoms with Crippen LogP contribution >= 0.6 is 0 Å². The van der Waals surface area contributed by atoms with Crippen LogP contribution < -0.4 is 10.1 Å². The Labute approximate surface area is 114 Å². The summed E-state index contributed by atoms with van der Waals surface area (Å²) in [7, 11) is 1.46. The Bertz CT molecular complexity index is 396. The third-order valence-electron chi connectivity index (χ3n) is 3.34. The molecule has 2 N–H and O–H groups in total. The molecule has 1 aromatic rings. The molecule has 19 heavy (non-hydrogen) atoms. The Morgan fingerprint density at radius 3 is 2.58 bits per heavy atom. The molecule has 0 aromatic heterocycles. The molecule has 0 saturated heterocycles. The van der Waals surface area contributed by atoms with Gasteiger partial charge in [-0.1, -0.05) is 19.9 Å². The minimum atomic E-state index is -0.353. The van der Waals surface area contributed by atoms with E-state index in [-0.39, 0.29) is 29.6 Å². The fraction of sp³-hybridized carbons (Fsp3) is 0.600. The molecule has 0 aliphatic carbocycles. The molecule has 108 valence electrons. The minimum Gasteiger partial charge on any atom is -0.494 e. The number of nitrogens with one attached hydrogen (secondary N) is 1.